The van der Waals surface area contributed by atoms with E-state index in [1.165, 1.54) is 12.2 Å². The first kappa shape index (κ1) is 7.47. The van der Waals surface area contributed by atoms with Crippen molar-refractivity contribution < 1.29 is 9.59 Å². The van der Waals surface area contributed by atoms with Gasteiger partial charge in [0.2, 0.25) is 0 Å². The Kier molecular flexibility index (Phi) is 1.34. The van der Waals surface area contributed by atoms with E-state index >= 15 is 0 Å². The zero-order valence-electron chi connectivity index (χ0n) is 7.13. The molecule has 62 valence electrons. The van der Waals surface area contributed by atoms with E-state index in [4.69, 9.17) is 0 Å². The molecular formula is C10H10O2. The third-order valence-corrected chi connectivity index (χ3v) is 2.91. The molecule has 0 aliphatic heterocycles. The van der Waals surface area contributed by atoms with E-state index in [1.807, 2.05) is 13.8 Å². The number of allylic oxidation sites excluding steroid dienone is 4. The summed E-state index contributed by atoms with van der Waals surface area (Å²) in [5.74, 6) is -0.0737. The summed E-state index contributed by atoms with van der Waals surface area (Å²) in [4.78, 5) is 22.6. The molecule has 2 heteroatoms. The summed E-state index contributed by atoms with van der Waals surface area (Å²) in [6, 6.07) is 0. The molecule has 0 bridgehead atoms. The number of ketones is 2. The molecule has 2 atom stereocenters. The van der Waals surface area contributed by atoms with Crippen molar-refractivity contribution in [3.05, 3.63) is 23.3 Å². The van der Waals surface area contributed by atoms with Gasteiger partial charge in [0, 0.05) is 0 Å². The highest BCUT2D eigenvalue weighted by atomic mass is 16.1. The van der Waals surface area contributed by atoms with Crippen LogP contribution < -0.4 is 0 Å². The van der Waals surface area contributed by atoms with E-state index < -0.39 is 0 Å². The van der Waals surface area contributed by atoms with Gasteiger partial charge in [0.15, 0.2) is 11.6 Å². The molecule has 0 spiro atoms. The van der Waals surface area contributed by atoms with Gasteiger partial charge in [0.1, 0.15) is 0 Å². The predicted molar refractivity (Wildman–Crippen MR) is 44.5 cm³/mol. The first-order valence-electron chi connectivity index (χ1n) is 4.06. The van der Waals surface area contributed by atoms with Crippen LogP contribution in [-0.4, -0.2) is 11.6 Å². The fourth-order valence-corrected chi connectivity index (χ4v) is 2.02. The van der Waals surface area contributed by atoms with Gasteiger partial charge in [-0.15, -0.1) is 0 Å². The average Bonchev–Trinajstić information content (AvgIpc) is 2.07. The van der Waals surface area contributed by atoms with Crippen molar-refractivity contribution in [2.24, 2.45) is 11.8 Å². The Morgan fingerprint density at radius 2 is 1.25 bits per heavy atom. The Morgan fingerprint density at radius 3 is 1.58 bits per heavy atom. The lowest BCUT2D eigenvalue weighted by Gasteiger charge is -2.38. The Labute approximate surface area is 71.0 Å². The molecule has 0 aromatic rings. The molecule has 0 N–H and O–H groups in total. The van der Waals surface area contributed by atoms with Crippen LogP contribution >= 0.6 is 0 Å². The van der Waals surface area contributed by atoms with Crippen molar-refractivity contribution in [1.29, 1.82) is 0 Å². The highest BCUT2D eigenvalue weighted by Gasteiger charge is 2.44. The predicted octanol–water partition coefficient (Wildman–Crippen LogP) is 1.28. The fourth-order valence-electron chi connectivity index (χ4n) is 2.02. The largest absolute Gasteiger partial charge is 0.294 e. The third kappa shape index (κ3) is 0.697. The first-order chi connectivity index (χ1) is 5.63. The lowest BCUT2D eigenvalue weighted by molar-refractivity contribution is -0.128. The van der Waals surface area contributed by atoms with E-state index in [0.29, 0.717) is 0 Å². The lowest BCUT2D eigenvalue weighted by Crippen LogP contribution is -2.41. The lowest BCUT2D eigenvalue weighted by atomic mass is 9.63. The Morgan fingerprint density at radius 1 is 0.917 bits per heavy atom. The van der Waals surface area contributed by atoms with Gasteiger partial charge in [-0.05, 0) is 26.0 Å². The summed E-state index contributed by atoms with van der Waals surface area (Å²) < 4.78 is 0. The maximum absolute atomic E-state index is 11.3. The van der Waals surface area contributed by atoms with E-state index in [-0.39, 0.29) is 23.4 Å². The van der Waals surface area contributed by atoms with Crippen LogP contribution in [0.3, 0.4) is 0 Å². The van der Waals surface area contributed by atoms with E-state index in [1.54, 1.807) is 0 Å². The van der Waals surface area contributed by atoms with Gasteiger partial charge in [0.25, 0.3) is 0 Å². The highest BCUT2D eigenvalue weighted by Crippen LogP contribution is 2.43. The monoisotopic (exact) mass is 162 g/mol. The highest BCUT2D eigenvalue weighted by molar-refractivity contribution is 6.11. The maximum Gasteiger partial charge on any atom is 0.163 e. The standard InChI is InChI=1S/C10H10O2/c1-5-6(2)10-8(12)4-3-7(11)9(5)10/h3-4,9-10H,1-2H3. The second-order valence-corrected chi connectivity index (χ2v) is 3.46. The minimum atomic E-state index is -0.123. The first-order valence-corrected chi connectivity index (χ1v) is 4.06. The van der Waals surface area contributed by atoms with Gasteiger partial charge in [-0.25, -0.2) is 0 Å². The van der Waals surface area contributed by atoms with Crippen LogP contribution in [0.25, 0.3) is 0 Å². The fraction of sp³-hybridized carbons (Fsp3) is 0.400. The molecule has 0 aromatic heterocycles. The van der Waals surface area contributed by atoms with Crippen LogP contribution in [0.1, 0.15) is 13.8 Å². The number of hydrogen-bond acceptors (Lipinski definition) is 2. The summed E-state index contributed by atoms with van der Waals surface area (Å²) in [6.45, 7) is 3.86. The minimum Gasteiger partial charge on any atom is -0.294 e. The normalized spacial score (nSPS) is 33.5. The van der Waals surface area contributed by atoms with Gasteiger partial charge in [-0.1, -0.05) is 11.1 Å². The van der Waals surface area contributed by atoms with Crippen LogP contribution in [0.4, 0.5) is 0 Å². The molecular weight excluding hydrogens is 152 g/mol. The average molecular weight is 162 g/mol. The van der Waals surface area contributed by atoms with Crippen LogP contribution in [0.15, 0.2) is 23.3 Å². The van der Waals surface area contributed by atoms with E-state index in [0.717, 1.165) is 11.1 Å². The van der Waals surface area contributed by atoms with Crippen LogP contribution in [0.5, 0.6) is 0 Å². The zero-order valence-corrected chi connectivity index (χ0v) is 7.13. The molecule has 2 nitrogen and oxygen atoms in total. The smallest absolute Gasteiger partial charge is 0.163 e. The second kappa shape index (κ2) is 2.16. The molecule has 2 aliphatic rings. The number of fused-ring (bicyclic) bond motifs is 1. The minimum absolute atomic E-state index is 0.0858. The topological polar surface area (TPSA) is 34.1 Å². The summed E-state index contributed by atoms with van der Waals surface area (Å²) >= 11 is 0. The molecule has 0 saturated heterocycles. The van der Waals surface area contributed by atoms with Crippen molar-refractivity contribution in [3.63, 3.8) is 0 Å². The summed E-state index contributed by atoms with van der Waals surface area (Å²) in [6.07, 6.45) is 2.80. The number of hydrogen-bond donors (Lipinski definition) is 0. The summed E-state index contributed by atoms with van der Waals surface area (Å²) in [5, 5.41) is 0. The molecule has 2 aliphatic carbocycles. The molecule has 0 amide bonds. The molecule has 0 radical (unpaired) electrons. The van der Waals surface area contributed by atoms with Crippen molar-refractivity contribution >= 4 is 11.6 Å². The van der Waals surface area contributed by atoms with Gasteiger partial charge in [0.05, 0.1) is 11.8 Å². The van der Waals surface area contributed by atoms with Crippen molar-refractivity contribution in [1.82, 2.24) is 0 Å². The van der Waals surface area contributed by atoms with Gasteiger partial charge in [-0.3, -0.25) is 9.59 Å². The van der Waals surface area contributed by atoms with Gasteiger partial charge < -0.3 is 0 Å². The number of carbonyl (C=O) groups is 2. The van der Waals surface area contributed by atoms with Crippen molar-refractivity contribution in [3.8, 4) is 0 Å². The van der Waals surface area contributed by atoms with Crippen LogP contribution in [-0.2, 0) is 9.59 Å². The van der Waals surface area contributed by atoms with Gasteiger partial charge >= 0.3 is 0 Å². The SMILES string of the molecule is CC1=C(C)C2C(=O)C=CC(=O)C12. The Balaban J connectivity index is 2.45. The van der Waals surface area contributed by atoms with Crippen molar-refractivity contribution in [2.75, 3.05) is 0 Å². The van der Waals surface area contributed by atoms with Crippen molar-refractivity contribution in [2.45, 2.75) is 13.8 Å². The quantitative estimate of drug-likeness (QED) is 0.503. The number of rotatable bonds is 0. The molecule has 0 heterocycles. The molecule has 0 aromatic carbocycles. The molecule has 2 unspecified atom stereocenters. The van der Waals surface area contributed by atoms with Crippen LogP contribution in [0.2, 0.25) is 0 Å². The summed E-state index contributed by atoms with van der Waals surface area (Å²) in [7, 11) is 0. The van der Waals surface area contributed by atoms with Gasteiger partial charge in [-0.2, -0.15) is 0 Å². The summed E-state index contributed by atoms with van der Waals surface area (Å²) in [5.41, 5.74) is 2.17. The molecule has 2 rings (SSSR count). The second-order valence-electron chi connectivity index (χ2n) is 3.46. The molecule has 0 fully saturated rings. The van der Waals surface area contributed by atoms with E-state index in [9.17, 15) is 9.59 Å². The Hall–Kier alpha value is -1.18. The molecule has 12 heavy (non-hydrogen) atoms. The third-order valence-electron chi connectivity index (χ3n) is 2.91. The Bertz CT molecular complexity index is 302. The maximum atomic E-state index is 11.3. The van der Waals surface area contributed by atoms with E-state index in [2.05, 4.69) is 0 Å². The van der Waals surface area contributed by atoms with Crippen LogP contribution in [0, 0.1) is 11.8 Å². The molecule has 0 saturated carbocycles. The zero-order chi connectivity index (χ0) is 8.88. The number of carbonyl (C=O) groups excluding carboxylic acids is 2.